The SMILES string of the molecule is NC(=O)CNC(=O)C(CCCN=C(N)N)NC(=O)C1CCCN1C(=O)C1CSSCC(N)C(=O)NC(Cc2ccc(O)cc2)C(=O)NC(Cc2ccccc2)C(=O)N2CCCC2C(=O)NC(CC(N)=O)C(=O)N1. The van der Waals surface area contributed by atoms with Gasteiger partial charge in [0.25, 0.3) is 0 Å². The minimum Gasteiger partial charge on any atom is -0.508 e. The molecule has 5 rings (SSSR count). The molecule has 0 aliphatic carbocycles. The molecule has 0 saturated carbocycles. The number of likely N-dealkylation sites (tertiary alicyclic amines) is 1. The van der Waals surface area contributed by atoms with Crippen molar-refractivity contribution in [2.45, 2.75) is 106 Å². The van der Waals surface area contributed by atoms with Crippen molar-refractivity contribution in [3.63, 3.8) is 0 Å². The fourth-order valence-corrected chi connectivity index (χ4v) is 10.7. The van der Waals surface area contributed by atoms with Crippen LogP contribution in [0.5, 0.6) is 5.75 Å². The van der Waals surface area contributed by atoms with Crippen LogP contribution in [0.4, 0.5) is 0 Å². The molecule has 8 unspecified atom stereocenters. The number of phenolic OH excluding ortho intramolecular Hbond substituents is 1. The zero-order chi connectivity index (χ0) is 53.2. The smallest absolute Gasteiger partial charge is 0.246 e. The Morgan fingerprint density at radius 3 is 2.05 bits per heavy atom. The van der Waals surface area contributed by atoms with Crippen LogP contribution in [0.15, 0.2) is 59.6 Å². The Labute approximate surface area is 428 Å². The number of nitrogens with zero attached hydrogens (tertiary/aromatic N) is 3. The van der Waals surface area contributed by atoms with Crippen molar-refractivity contribution in [1.29, 1.82) is 0 Å². The summed E-state index contributed by atoms with van der Waals surface area (Å²) in [4.78, 5) is 143. The van der Waals surface area contributed by atoms with E-state index >= 15 is 0 Å². The first kappa shape index (κ1) is 56.8. The summed E-state index contributed by atoms with van der Waals surface area (Å²) in [5.41, 5.74) is 29.2. The van der Waals surface area contributed by atoms with Gasteiger partial charge in [0.1, 0.15) is 48.0 Å². The molecule has 2 aromatic carbocycles. The van der Waals surface area contributed by atoms with E-state index < -0.39 is 120 Å². The van der Waals surface area contributed by atoms with Gasteiger partial charge in [0, 0.05) is 44.0 Å². The molecule has 0 bridgehead atoms. The quantitative estimate of drug-likeness (QED) is 0.0329. The third-order valence-corrected chi connectivity index (χ3v) is 14.6. The lowest BCUT2D eigenvalue weighted by Gasteiger charge is -2.32. The van der Waals surface area contributed by atoms with Gasteiger partial charge in [-0.1, -0.05) is 64.1 Å². The Morgan fingerprint density at radius 1 is 0.740 bits per heavy atom. The molecule has 0 spiro atoms. The van der Waals surface area contributed by atoms with Crippen LogP contribution in [0.2, 0.25) is 0 Å². The predicted molar refractivity (Wildman–Crippen MR) is 270 cm³/mol. The van der Waals surface area contributed by atoms with Crippen molar-refractivity contribution < 1.29 is 53.1 Å². The number of rotatable bonds is 16. The maximum Gasteiger partial charge on any atom is 0.246 e. The first-order valence-electron chi connectivity index (χ1n) is 23.7. The van der Waals surface area contributed by atoms with E-state index in [0.717, 1.165) is 21.6 Å². The highest BCUT2D eigenvalue weighted by molar-refractivity contribution is 8.76. The van der Waals surface area contributed by atoms with Crippen molar-refractivity contribution in [1.82, 2.24) is 41.7 Å². The van der Waals surface area contributed by atoms with Crippen LogP contribution < -0.4 is 60.6 Å². The Hall–Kier alpha value is -7.13. The van der Waals surface area contributed by atoms with Crippen LogP contribution in [-0.2, 0) is 60.8 Å². The summed E-state index contributed by atoms with van der Waals surface area (Å²) < 4.78 is 0. The number of benzene rings is 2. The Bertz CT molecular complexity index is 2360. The van der Waals surface area contributed by atoms with Gasteiger partial charge >= 0.3 is 0 Å². The van der Waals surface area contributed by atoms with E-state index in [2.05, 4.69) is 36.9 Å². The molecule has 73 heavy (non-hydrogen) atoms. The number of carbonyl (C=O) groups is 10. The largest absolute Gasteiger partial charge is 0.508 e. The summed E-state index contributed by atoms with van der Waals surface area (Å²) >= 11 is 0. The van der Waals surface area contributed by atoms with E-state index in [9.17, 15) is 53.1 Å². The van der Waals surface area contributed by atoms with E-state index in [0.29, 0.717) is 24.0 Å². The van der Waals surface area contributed by atoms with Crippen LogP contribution >= 0.6 is 21.6 Å². The lowest BCUT2D eigenvalue weighted by atomic mass is 10.0. The number of hydrogen-bond donors (Lipinski definition) is 12. The second-order valence-corrected chi connectivity index (χ2v) is 20.3. The van der Waals surface area contributed by atoms with Crippen molar-refractivity contribution >= 4 is 86.6 Å². The van der Waals surface area contributed by atoms with Crippen molar-refractivity contribution in [2.24, 2.45) is 33.7 Å². The Morgan fingerprint density at radius 2 is 1.37 bits per heavy atom. The molecule has 3 aliphatic heterocycles. The fraction of sp³-hybridized carbons (Fsp3) is 0.500. The summed E-state index contributed by atoms with van der Waals surface area (Å²) in [6, 6.07) is 4.40. The van der Waals surface area contributed by atoms with Gasteiger partial charge in [-0.2, -0.15) is 0 Å². The number of aromatic hydroxyl groups is 1. The molecule has 17 N–H and O–H groups in total. The summed E-state index contributed by atoms with van der Waals surface area (Å²) in [7, 11) is 2.09. The van der Waals surface area contributed by atoms with E-state index in [-0.39, 0.29) is 81.4 Å². The zero-order valence-corrected chi connectivity index (χ0v) is 41.6. The highest BCUT2D eigenvalue weighted by Gasteiger charge is 2.42. The number of nitrogens with two attached hydrogens (primary N) is 5. The van der Waals surface area contributed by atoms with E-state index in [1.54, 1.807) is 42.5 Å². The number of phenols is 1. The van der Waals surface area contributed by atoms with Crippen molar-refractivity contribution in [3.8, 4) is 5.75 Å². The van der Waals surface area contributed by atoms with Crippen LogP contribution in [-0.4, -0.2) is 166 Å². The lowest BCUT2D eigenvalue weighted by molar-refractivity contribution is -0.143. The molecule has 0 aromatic heterocycles. The van der Waals surface area contributed by atoms with Crippen molar-refractivity contribution in [3.05, 3.63) is 65.7 Å². The second kappa shape index (κ2) is 27.6. The normalized spacial score (nSPS) is 23.8. The van der Waals surface area contributed by atoms with Crippen LogP contribution in [0, 0.1) is 0 Å². The zero-order valence-electron chi connectivity index (χ0n) is 40.0. The number of aliphatic imine (C=N–C) groups is 1. The van der Waals surface area contributed by atoms with Gasteiger partial charge in [0.2, 0.25) is 59.1 Å². The molecule has 3 saturated heterocycles. The number of nitrogens with one attached hydrogen (secondary N) is 6. The average Bonchev–Trinajstić information content (AvgIpc) is 4.06. The molecular weight excluding hydrogens is 989 g/mol. The summed E-state index contributed by atoms with van der Waals surface area (Å²) in [5.74, 6) is -8.40. The molecule has 396 valence electrons. The predicted octanol–water partition coefficient (Wildman–Crippen LogP) is -4.16. The molecule has 0 radical (unpaired) electrons. The molecule has 2 aromatic rings. The van der Waals surface area contributed by atoms with Gasteiger partial charge in [-0.05, 0) is 61.8 Å². The molecule has 27 heteroatoms. The summed E-state index contributed by atoms with van der Waals surface area (Å²) in [6.07, 6.45) is 0.455. The number of guanidine groups is 1. The Kier molecular flexibility index (Phi) is 21.5. The average molecular weight is 1050 g/mol. The summed E-state index contributed by atoms with van der Waals surface area (Å²) in [5, 5.41) is 25.6. The van der Waals surface area contributed by atoms with Crippen LogP contribution in [0.25, 0.3) is 0 Å². The minimum absolute atomic E-state index is 0.0151. The van der Waals surface area contributed by atoms with Gasteiger partial charge in [-0.25, -0.2) is 0 Å². The number of fused-ring (bicyclic) bond motifs is 1. The van der Waals surface area contributed by atoms with Crippen LogP contribution in [0.3, 0.4) is 0 Å². The molecule has 25 nitrogen and oxygen atoms in total. The van der Waals surface area contributed by atoms with Crippen molar-refractivity contribution in [2.75, 3.05) is 37.7 Å². The van der Waals surface area contributed by atoms with E-state index in [1.807, 2.05) is 0 Å². The molecule has 10 amide bonds. The maximum atomic E-state index is 14.6. The molecule has 3 fully saturated rings. The monoisotopic (exact) mass is 1050 g/mol. The number of primary amides is 2. The van der Waals surface area contributed by atoms with Gasteiger partial charge in [-0.15, -0.1) is 0 Å². The molecular formula is C46H64N14O11S2. The fourth-order valence-electron chi connectivity index (χ4n) is 8.46. The standard InChI is InChI=1S/C46H64N14O11S2/c47-28-23-72-73-24-33(45(71)60-18-6-10-34(60)42(68)54-29(9-4-16-52-46(50)51)39(65)53-22-37(49)63)58-41(67)31(21-36(48)62)56-43(69)35-11-5-17-59(35)44(70)32(20-25-7-2-1-3-8-25)57-40(66)30(55-38(28)64)19-26-12-14-27(61)15-13-26/h1-3,7-8,12-15,28-35,61H,4-6,9-11,16-24,47H2,(H2,48,62)(H2,49,63)(H,53,65)(H,54,68)(H,55,64)(H,56,69)(H,57,66)(H,58,67)(H4,50,51,52). The summed E-state index contributed by atoms with van der Waals surface area (Å²) in [6.45, 7) is -0.269. The number of hydrogen-bond acceptors (Lipinski definition) is 15. The maximum absolute atomic E-state index is 14.6. The topological polar surface area (TPSA) is 412 Å². The highest BCUT2D eigenvalue weighted by atomic mass is 33.1. The minimum atomic E-state index is -1.64. The third-order valence-electron chi connectivity index (χ3n) is 12.2. The Balaban J connectivity index is 1.44. The third kappa shape index (κ3) is 17.3. The van der Waals surface area contributed by atoms with E-state index in [1.165, 1.54) is 21.9 Å². The molecule has 3 heterocycles. The number of carbonyl (C=O) groups excluding carboxylic acids is 10. The highest BCUT2D eigenvalue weighted by Crippen LogP contribution is 2.26. The van der Waals surface area contributed by atoms with Gasteiger partial charge < -0.3 is 75.5 Å². The lowest BCUT2D eigenvalue weighted by Crippen LogP contribution is -2.61. The van der Waals surface area contributed by atoms with Gasteiger partial charge in [0.15, 0.2) is 5.96 Å². The molecule has 3 aliphatic rings. The first-order valence-corrected chi connectivity index (χ1v) is 26.1. The number of amides is 10. The van der Waals surface area contributed by atoms with Gasteiger partial charge in [-0.3, -0.25) is 52.9 Å². The van der Waals surface area contributed by atoms with Gasteiger partial charge in [0.05, 0.1) is 19.0 Å². The second-order valence-electron chi connectivity index (χ2n) is 17.7. The molecule has 8 atom stereocenters. The first-order chi connectivity index (χ1) is 34.8. The van der Waals surface area contributed by atoms with Crippen LogP contribution in [0.1, 0.15) is 56.1 Å². The van der Waals surface area contributed by atoms with E-state index in [4.69, 9.17) is 28.7 Å².